The molecule has 35 heavy (non-hydrogen) atoms. The quantitative estimate of drug-likeness (QED) is 0.313. The zero-order valence-electron chi connectivity index (χ0n) is 20.1. The van der Waals surface area contributed by atoms with E-state index in [2.05, 4.69) is 4.72 Å². The van der Waals surface area contributed by atoms with E-state index in [4.69, 9.17) is 29.4 Å². The molecule has 10 heteroatoms. The summed E-state index contributed by atoms with van der Waals surface area (Å²) in [4.78, 5) is 0.0157. The number of methoxy groups -OCH3 is 5. The molecule has 0 spiro atoms. The zero-order chi connectivity index (χ0) is 25.6. The van der Waals surface area contributed by atoms with E-state index in [9.17, 15) is 8.42 Å². The predicted octanol–water partition coefficient (Wildman–Crippen LogP) is 4.28. The highest BCUT2D eigenvalue weighted by Crippen LogP contribution is 2.41. The molecule has 9 nitrogen and oxygen atoms in total. The second kappa shape index (κ2) is 10.9. The molecule has 0 saturated heterocycles. The van der Waals surface area contributed by atoms with Crippen molar-refractivity contribution < 1.29 is 32.1 Å². The van der Waals surface area contributed by atoms with E-state index in [1.807, 2.05) is 0 Å². The second-order valence-corrected chi connectivity index (χ2v) is 8.92. The molecular formula is C25H28N2O7S. The lowest BCUT2D eigenvalue weighted by molar-refractivity contribution is 0.324. The number of benzene rings is 3. The van der Waals surface area contributed by atoms with Crippen LogP contribution in [0, 0.1) is 0 Å². The molecule has 0 amide bonds. The second-order valence-electron chi connectivity index (χ2n) is 7.24. The highest BCUT2D eigenvalue weighted by Gasteiger charge is 2.21. The van der Waals surface area contributed by atoms with Crippen molar-refractivity contribution in [3.63, 3.8) is 0 Å². The first-order chi connectivity index (χ1) is 16.8. The van der Waals surface area contributed by atoms with Gasteiger partial charge in [0.25, 0.3) is 10.0 Å². The molecule has 0 heterocycles. The van der Waals surface area contributed by atoms with E-state index in [-0.39, 0.29) is 16.3 Å². The summed E-state index contributed by atoms with van der Waals surface area (Å²) in [5.74, 6) is 2.03. The fraction of sp³-hybridized carbons (Fsp3) is 0.200. The van der Waals surface area contributed by atoms with E-state index < -0.39 is 10.0 Å². The standard InChI is InChI=1S/C25H28N2O7S/c1-30-20-12-11-17(10-9-16-13-21(31-2)24(33-4)22(14-16)32-3)23(25(20)34-5)27-35(28,29)19-8-6-7-18(26)15-19/h6-15,27H,26H2,1-5H3. The average molecular weight is 501 g/mol. The summed E-state index contributed by atoms with van der Waals surface area (Å²) in [7, 11) is 3.51. The number of ether oxygens (including phenoxy) is 5. The summed E-state index contributed by atoms with van der Waals surface area (Å²) >= 11 is 0. The first kappa shape index (κ1) is 25.6. The Balaban J connectivity index is 2.11. The number of sulfonamides is 1. The molecule has 3 rings (SSSR count). The third kappa shape index (κ3) is 5.55. The molecule has 0 atom stereocenters. The van der Waals surface area contributed by atoms with Gasteiger partial charge in [0.15, 0.2) is 23.0 Å². The van der Waals surface area contributed by atoms with Gasteiger partial charge in [-0.05, 0) is 48.0 Å². The Bertz CT molecular complexity index is 1310. The molecule has 3 aromatic carbocycles. The minimum absolute atomic E-state index is 0.0157. The van der Waals surface area contributed by atoms with Crippen molar-refractivity contribution in [1.29, 1.82) is 0 Å². The van der Waals surface area contributed by atoms with Crippen LogP contribution in [0.2, 0.25) is 0 Å². The van der Waals surface area contributed by atoms with Crippen LogP contribution < -0.4 is 34.1 Å². The highest BCUT2D eigenvalue weighted by molar-refractivity contribution is 7.92. The predicted molar refractivity (Wildman–Crippen MR) is 136 cm³/mol. The summed E-state index contributed by atoms with van der Waals surface area (Å²) in [6.45, 7) is 0. The van der Waals surface area contributed by atoms with E-state index in [0.717, 1.165) is 5.56 Å². The van der Waals surface area contributed by atoms with Crippen LogP contribution in [0.3, 0.4) is 0 Å². The van der Waals surface area contributed by atoms with Gasteiger partial charge in [0.05, 0.1) is 40.4 Å². The van der Waals surface area contributed by atoms with Gasteiger partial charge in [-0.1, -0.05) is 18.2 Å². The van der Waals surface area contributed by atoms with E-state index >= 15 is 0 Å². The number of hydrogen-bond acceptors (Lipinski definition) is 8. The summed E-state index contributed by atoms with van der Waals surface area (Å²) in [5.41, 5.74) is 7.58. The Morgan fingerprint density at radius 3 is 1.91 bits per heavy atom. The van der Waals surface area contributed by atoms with E-state index in [1.54, 1.807) is 48.6 Å². The first-order valence-electron chi connectivity index (χ1n) is 10.4. The van der Waals surface area contributed by atoms with Crippen LogP contribution in [0.25, 0.3) is 12.2 Å². The van der Waals surface area contributed by atoms with Crippen LogP contribution in [0.15, 0.2) is 53.4 Å². The molecule has 0 aliphatic carbocycles. The van der Waals surface area contributed by atoms with Crippen LogP contribution in [-0.2, 0) is 10.0 Å². The lowest BCUT2D eigenvalue weighted by Gasteiger charge is -2.17. The average Bonchev–Trinajstić information content (AvgIpc) is 2.86. The number of rotatable bonds is 10. The SMILES string of the molecule is COc1cc(C=Cc2ccc(OC)c(OC)c2NS(=O)(=O)c2cccc(N)c2)cc(OC)c1OC. The maximum Gasteiger partial charge on any atom is 0.262 e. The Kier molecular flexibility index (Phi) is 7.98. The van der Waals surface area contributed by atoms with Crippen molar-refractivity contribution in [2.45, 2.75) is 4.90 Å². The molecule has 0 fully saturated rings. The Morgan fingerprint density at radius 1 is 0.743 bits per heavy atom. The number of nitrogens with two attached hydrogens (primary N) is 1. The third-order valence-corrected chi connectivity index (χ3v) is 6.47. The molecule has 0 unspecified atom stereocenters. The van der Waals surface area contributed by atoms with E-state index in [0.29, 0.717) is 34.2 Å². The van der Waals surface area contributed by atoms with Gasteiger partial charge in [-0.15, -0.1) is 0 Å². The maximum absolute atomic E-state index is 13.2. The van der Waals surface area contributed by atoms with Crippen molar-refractivity contribution in [2.75, 3.05) is 46.0 Å². The van der Waals surface area contributed by atoms with Crippen LogP contribution in [0.1, 0.15) is 11.1 Å². The van der Waals surface area contributed by atoms with Crippen molar-refractivity contribution >= 4 is 33.6 Å². The molecule has 0 aromatic heterocycles. The van der Waals surface area contributed by atoms with Crippen LogP contribution >= 0.6 is 0 Å². The Labute approximate surface area is 205 Å². The van der Waals surface area contributed by atoms with Crippen LogP contribution in [-0.4, -0.2) is 44.0 Å². The van der Waals surface area contributed by atoms with Crippen molar-refractivity contribution in [2.24, 2.45) is 0 Å². The highest BCUT2D eigenvalue weighted by atomic mass is 32.2. The summed E-state index contributed by atoms with van der Waals surface area (Å²) in [5, 5.41) is 0. The lowest BCUT2D eigenvalue weighted by Crippen LogP contribution is -2.15. The fourth-order valence-electron chi connectivity index (χ4n) is 3.44. The zero-order valence-corrected chi connectivity index (χ0v) is 20.9. The fourth-order valence-corrected chi connectivity index (χ4v) is 4.59. The monoisotopic (exact) mass is 500 g/mol. The minimum atomic E-state index is -3.99. The number of hydrogen-bond donors (Lipinski definition) is 2. The van der Waals surface area contributed by atoms with Crippen molar-refractivity contribution in [3.8, 4) is 28.7 Å². The Hall–Kier alpha value is -4.05. The van der Waals surface area contributed by atoms with Gasteiger partial charge in [0.2, 0.25) is 5.75 Å². The molecule has 3 N–H and O–H groups in total. The largest absolute Gasteiger partial charge is 0.493 e. The van der Waals surface area contributed by atoms with Crippen LogP contribution in [0.4, 0.5) is 11.4 Å². The van der Waals surface area contributed by atoms with E-state index in [1.165, 1.54) is 47.7 Å². The van der Waals surface area contributed by atoms with Crippen molar-refractivity contribution in [1.82, 2.24) is 0 Å². The van der Waals surface area contributed by atoms with Gasteiger partial charge in [-0.2, -0.15) is 0 Å². The Morgan fingerprint density at radius 2 is 1.37 bits per heavy atom. The van der Waals surface area contributed by atoms with Gasteiger partial charge in [-0.3, -0.25) is 4.72 Å². The molecule has 186 valence electrons. The van der Waals surface area contributed by atoms with Crippen molar-refractivity contribution in [3.05, 3.63) is 59.7 Å². The molecule has 0 bridgehead atoms. The lowest BCUT2D eigenvalue weighted by atomic mass is 10.1. The molecule has 0 radical (unpaired) electrons. The molecule has 0 saturated carbocycles. The molecule has 0 aliphatic rings. The smallest absolute Gasteiger partial charge is 0.262 e. The van der Waals surface area contributed by atoms with Gasteiger partial charge >= 0.3 is 0 Å². The van der Waals surface area contributed by atoms with Gasteiger partial charge in [0.1, 0.15) is 5.69 Å². The molecular weight excluding hydrogens is 472 g/mol. The number of anilines is 2. The summed E-state index contributed by atoms with van der Waals surface area (Å²) in [6, 6.07) is 13.0. The third-order valence-electron chi connectivity index (χ3n) is 5.13. The topological polar surface area (TPSA) is 118 Å². The normalized spacial score (nSPS) is 11.2. The first-order valence-corrected chi connectivity index (χ1v) is 11.9. The summed E-state index contributed by atoms with van der Waals surface area (Å²) < 4.78 is 56.0. The number of nitrogen functional groups attached to an aromatic ring is 1. The molecule has 0 aliphatic heterocycles. The maximum atomic E-state index is 13.2. The van der Waals surface area contributed by atoms with Crippen LogP contribution in [0.5, 0.6) is 28.7 Å². The number of nitrogens with one attached hydrogen (secondary N) is 1. The summed E-state index contributed by atoms with van der Waals surface area (Å²) in [6.07, 6.45) is 3.52. The van der Waals surface area contributed by atoms with Gasteiger partial charge in [-0.25, -0.2) is 8.42 Å². The minimum Gasteiger partial charge on any atom is -0.493 e. The molecule has 3 aromatic rings. The van der Waals surface area contributed by atoms with Gasteiger partial charge in [0, 0.05) is 11.3 Å². The van der Waals surface area contributed by atoms with Gasteiger partial charge < -0.3 is 29.4 Å².